The molecular formula is C13H18N2O3. The van der Waals surface area contributed by atoms with Crippen LogP contribution < -0.4 is 11.1 Å². The van der Waals surface area contributed by atoms with Gasteiger partial charge in [-0.3, -0.25) is 4.79 Å². The first kappa shape index (κ1) is 12.9. The van der Waals surface area contributed by atoms with Gasteiger partial charge < -0.3 is 20.5 Å². The minimum Gasteiger partial charge on any atom is -0.399 e. The molecule has 0 aliphatic carbocycles. The summed E-state index contributed by atoms with van der Waals surface area (Å²) in [5.74, 6) is -0.181. The molecule has 1 aliphatic heterocycles. The van der Waals surface area contributed by atoms with Gasteiger partial charge in [0.25, 0.3) is 5.91 Å². The first-order chi connectivity index (χ1) is 8.47. The van der Waals surface area contributed by atoms with Crippen LogP contribution in [0.3, 0.4) is 0 Å². The monoisotopic (exact) mass is 250 g/mol. The van der Waals surface area contributed by atoms with E-state index in [1.165, 1.54) is 0 Å². The highest BCUT2D eigenvalue weighted by atomic mass is 16.6. The summed E-state index contributed by atoms with van der Waals surface area (Å²) in [5.41, 5.74) is 6.07. The normalized spacial score (nSPS) is 16.1. The fourth-order valence-electron chi connectivity index (χ4n) is 1.60. The molecule has 5 nitrogen and oxygen atoms in total. The van der Waals surface area contributed by atoms with Crippen LogP contribution in [-0.2, 0) is 14.3 Å². The highest BCUT2D eigenvalue weighted by Crippen LogP contribution is 2.20. The van der Waals surface area contributed by atoms with Crippen LogP contribution in [0.5, 0.6) is 0 Å². The van der Waals surface area contributed by atoms with Crippen molar-refractivity contribution in [2.75, 3.05) is 24.3 Å². The second kappa shape index (κ2) is 4.96. The highest BCUT2D eigenvalue weighted by Gasteiger charge is 2.34. The molecule has 0 aromatic heterocycles. The molecule has 1 aliphatic rings. The summed E-state index contributed by atoms with van der Waals surface area (Å²) < 4.78 is 10.7. The lowest BCUT2D eigenvalue weighted by atomic mass is 10.1. The van der Waals surface area contributed by atoms with Crippen LogP contribution in [0.2, 0.25) is 0 Å². The molecule has 98 valence electrons. The number of rotatable bonds is 4. The quantitative estimate of drug-likeness (QED) is 0.792. The Morgan fingerprint density at radius 3 is 2.50 bits per heavy atom. The lowest BCUT2D eigenvalue weighted by Gasteiger charge is -2.34. The minimum absolute atomic E-state index is 0.0113. The number of ether oxygens (including phenoxy) is 2. The molecule has 1 amide bonds. The van der Waals surface area contributed by atoms with Crippen molar-refractivity contribution in [3.63, 3.8) is 0 Å². The zero-order chi connectivity index (χ0) is 13.2. The Balaban J connectivity index is 1.95. The maximum Gasteiger partial charge on any atom is 0.256 e. The number of carbonyl (C=O) groups excluding carboxylic acids is 1. The number of hydrogen-bond acceptors (Lipinski definition) is 4. The van der Waals surface area contributed by atoms with E-state index in [-0.39, 0.29) is 12.0 Å². The van der Waals surface area contributed by atoms with Crippen molar-refractivity contribution in [3.8, 4) is 0 Å². The summed E-state index contributed by atoms with van der Waals surface area (Å²) in [7, 11) is 0. The highest BCUT2D eigenvalue weighted by molar-refractivity contribution is 5.96. The molecule has 1 aromatic rings. The first-order valence-corrected chi connectivity index (χ1v) is 5.90. The fourth-order valence-corrected chi connectivity index (χ4v) is 1.60. The van der Waals surface area contributed by atoms with Crippen LogP contribution in [0.15, 0.2) is 24.3 Å². The van der Waals surface area contributed by atoms with Gasteiger partial charge in [0.1, 0.15) is 11.7 Å². The molecule has 0 bridgehead atoms. The van der Waals surface area contributed by atoms with Crippen molar-refractivity contribution >= 4 is 17.3 Å². The lowest BCUT2D eigenvalue weighted by molar-refractivity contribution is -0.186. The van der Waals surface area contributed by atoms with E-state index in [0.717, 1.165) is 0 Å². The van der Waals surface area contributed by atoms with Gasteiger partial charge in [-0.2, -0.15) is 0 Å². The number of hydrogen-bond donors (Lipinski definition) is 2. The zero-order valence-corrected chi connectivity index (χ0v) is 10.6. The SMILES string of the molecule is CC(C)(OC1COC1)C(=O)Nc1ccc(N)cc1. The van der Waals surface area contributed by atoms with E-state index in [4.69, 9.17) is 15.2 Å². The van der Waals surface area contributed by atoms with Gasteiger partial charge >= 0.3 is 0 Å². The number of carbonyl (C=O) groups is 1. The van der Waals surface area contributed by atoms with Crippen LogP contribution >= 0.6 is 0 Å². The molecule has 0 unspecified atom stereocenters. The summed E-state index contributed by atoms with van der Waals surface area (Å²) in [6, 6.07) is 7.00. The molecule has 3 N–H and O–H groups in total. The predicted octanol–water partition coefficient (Wildman–Crippen LogP) is 1.40. The van der Waals surface area contributed by atoms with E-state index in [1.54, 1.807) is 38.1 Å². The number of nitrogens with one attached hydrogen (secondary N) is 1. The summed E-state index contributed by atoms with van der Waals surface area (Å²) in [5, 5.41) is 2.80. The molecule has 0 spiro atoms. The Bertz CT molecular complexity index is 424. The third kappa shape index (κ3) is 3.00. The molecule has 18 heavy (non-hydrogen) atoms. The molecule has 0 atom stereocenters. The first-order valence-electron chi connectivity index (χ1n) is 5.90. The molecule has 1 aromatic carbocycles. The van der Waals surface area contributed by atoms with Gasteiger partial charge in [-0.25, -0.2) is 0 Å². The number of nitrogen functional groups attached to an aromatic ring is 1. The summed E-state index contributed by atoms with van der Waals surface area (Å²) >= 11 is 0. The average molecular weight is 250 g/mol. The Kier molecular flexibility index (Phi) is 3.54. The van der Waals surface area contributed by atoms with Crippen LogP contribution in [0.1, 0.15) is 13.8 Å². The number of benzene rings is 1. The standard InChI is InChI=1S/C13H18N2O3/c1-13(2,18-11-7-17-8-11)12(16)15-10-5-3-9(14)4-6-10/h3-6,11H,7-8,14H2,1-2H3,(H,15,16). The van der Waals surface area contributed by atoms with Gasteiger partial charge in [-0.1, -0.05) is 0 Å². The third-order valence-corrected chi connectivity index (χ3v) is 2.78. The second-order valence-electron chi connectivity index (χ2n) is 4.86. The van der Waals surface area contributed by atoms with Crippen LogP contribution in [-0.4, -0.2) is 30.8 Å². The van der Waals surface area contributed by atoms with Gasteiger partial charge in [-0.15, -0.1) is 0 Å². The van der Waals surface area contributed by atoms with Crippen molar-refractivity contribution in [3.05, 3.63) is 24.3 Å². The number of nitrogens with two attached hydrogens (primary N) is 1. The Labute approximate surface area is 106 Å². The predicted molar refractivity (Wildman–Crippen MR) is 69.3 cm³/mol. The summed E-state index contributed by atoms with van der Waals surface area (Å²) in [6.45, 7) is 4.60. The Hall–Kier alpha value is -1.59. The van der Waals surface area contributed by atoms with Gasteiger partial charge in [-0.05, 0) is 38.1 Å². The van der Waals surface area contributed by atoms with E-state index >= 15 is 0 Å². The van der Waals surface area contributed by atoms with E-state index in [9.17, 15) is 4.79 Å². The topological polar surface area (TPSA) is 73.6 Å². The van der Waals surface area contributed by atoms with Crippen LogP contribution in [0.25, 0.3) is 0 Å². The minimum atomic E-state index is -0.879. The van der Waals surface area contributed by atoms with Gasteiger partial charge in [0.05, 0.1) is 13.2 Å². The summed E-state index contributed by atoms with van der Waals surface area (Å²) in [6.07, 6.45) is 0.0113. The van der Waals surface area contributed by atoms with E-state index in [0.29, 0.717) is 24.6 Å². The Morgan fingerprint density at radius 1 is 1.39 bits per heavy atom. The maximum atomic E-state index is 12.1. The van der Waals surface area contributed by atoms with Crippen molar-refractivity contribution in [1.29, 1.82) is 0 Å². The van der Waals surface area contributed by atoms with Crippen LogP contribution in [0, 0.1) is 0 Å². The lowest BCUT2D eigenvalue weighted by Crippen LogP contribution is -2.48. The molecule has 5 heteroatoms. The van der Waals surface area contributed by atoms with Crippen molar-refractivity contribution in [2.45, 2.75) is 25.6 Å². The molecule has 0 saturated carbocycles. The molecule has 0 radical (unpaired) electrons. The van der Waals surface area contributed by atoms with Gasteiger partial charge in [0.15, 0.2) is 0 Å². The third-order valence-electron chi connectivity index (χ3n) is 2.78. The van der Waals surface area contributed by atoms with Crippen molar-refractivity contribution in [2.24, 2.45) is 0 Å². The largest absolute Gasteiger partial charge is 0.399 e. The van der Waals surface area contributed by atoms with Gasteiger partial charge in [0, 0.05) is 11.4 Å². The van der Waals surface area contributed by atoms with Crippen molar-refractivity contribution in [1.82, 2.24) is 0 Å². The summed E-state index contributed by atoms with van der Waals surface area (Å²) in [4.78, 5) is 12.1. The second-order valence-corrected chi connectivity index (χ2v) is 4.86. The number of amides is 1. The molecule has 1 saturated heterocycles. The van der Waals surface area contributed by atoms with Gasteiger partial charge in [0.2, 0.25) is 0 Å². The maximum absolute atomic E-state index is 12.1. The Morgan fingerprint density at radius 2 is 2.00 bits per heavy atom. The van der Waals surface area contributed by atoms with E-state index in [2.05, 4.69) is 5.32 Å². The number of anilines is 2. The zero-order valence-electron chi connectivity index (χ0n) is 10.6. The van der Waals surface area contributed by atoms with Crippen molar-refractivity contribution < 1.29 is 14.3 Å². The molecule has 2 rings (SSSR count). The van der Waals surface area contributed by atoms with E-state index < -0.39 is 5.60 Å². The molecule has 1 fully saturated rings. The smallest absolute Gasteiger partial charge is 0.256 e. The molecule has 1 heterocycles. The van der Waals surface area contributed by atoms with Crippen LogP contribution in [0.4, 0.5) is 11.4 Å². The average Bonchev–Trinajstić information content (AvgIpc) is 2.27. The fraction of sp³-hybridized carbons (Fsp3) is 0.462. The van der Waals surface area contributed by atoms with E-state index in [1.807, 2.05) is 0 Å². The molecular weight excluding hydrogens is 232 g/mol.